The van der Waals surface area contributed by atoms with Gasteiger partial charge in [0.25, 0.3) is 0 Å². The van der Waals surface area contributed by atoms with Crippen molar-refractivity contribution in [1.29, 1.82) is 0 Å². The van der Waals surface area contributed by atoms with E-state index >= 15 is 0 Å². The molecule has 0 aliphatic rings. The maximum atomic E-state index is 11.8. The van der Waals surface area contributed by atoms with Gasteiger partial charge in [-0.3, -0.25) is 0 Å². The van der Waals surface area contributed by atoms with Crippen molar-refractivity contribution >= 4 is 17.0 Å². The van der Waals surface area contributed by atoms with Gasteiger partial charge in [0.1, 0.15) is 11.6 Å². The number of H-pyrrole nitrogens is 1. The van der Waals surface area contributed by atoms with Gasteiger partial charge in [-0.1, -0.05) is 12.1 Å². The Balaban J connectivity index is 1.83. The minimum atomic E-state index is -0.319. The Morgan fingerprint density at radius 3 is 2.65 bits per heavy atom. The first-order valence-electron chi connectivity index (χ1n) is 7.48. The second-order valence-corrected chi connectivity index (χ2v) is 5.16. The Morgan fingerprint density at radius 1 is 1.17 bits per heavy atom. The monoisotopic (exact) mass is 310 g/mol. The molecule has 0 atom stereocenters. The van der Waals surface area contributed by atoms with Crippen LogP contribution in [0.5, 0.6) is 5.75 Å². The molecule has 1 aromatic heterocycles. The summed E-state index contributed by atoms with van der Waals surface area (Å²) in [5.74, 6) is 1.37. The van der Waals surface area contributed by atoms with E-state index in [1.165, 1.54) is 0 Å². The van der Waals surface area contributed by atoms with Gasteiger partial charge in [0.2, 0.25) is 0 Å². The van der Waals surface area contributed by atoms with Crippen molar-refractivity contribution in [3.63, 3.8) is 0 Å². The lowest BCUT2D eigenvalue weighted by atomic mass is 10.1. The van der Waals surface area contributed by atoms with Gasteiger partial charge in [-0.05, 0) is 42.8 Å². The third kappa shape index (κ3) is 3.34. The zero-order chi connectivity index (χ0) is 16.2. The summed E-state index contributed by atoms with van der Waals surface area (Å²) in [6.45, 7) is 2.15. The van der Waals surface area contributed by atoms with Crippen LogP contribution in [-0.4, -0.2) is 29.7 Å². The highest BCUT2D eigenvalue weighted by atomic mass is 16.5. The maximum absolute atomic E-state index is 11.8. The van der Waals surface area contributed by atoms with Gasteiger partial charge in [0.05, 0.1) is 30.3 Å². The van der Waals surface area contributed by atoms with Crippen molar-refractivity contribution in [3.05, 3.63) is 59.4 Å². The third-order valence-electron chi connectivity index (χ3n) is 3.57. The number of nitrogens with one attached hydrogen (secondary N) is 1. The number of hydrogen-bond acceptors (Lipinski definition) is 4. The molecule has 0 saturated carbocycles. The largest absolute Gasteiger partial charge is 0.497 e. The molecule has 1 heterocycles. The zero-order valence-corrected chi connectivity index (χ0v) is 13.1. The molecule has 1 N–H and O–H groups in total. The molecule has 3 rings (SSSR count). The first kappa shape index (κ1) is 15.1. The van der Waals surface area contributed by atoms with E-state index in [-0.39, 0.29) is 5.97 Å². The van der Waals surface area contributed by atoms with Gasteiger partial charge in [0.15, 0.2) is 0 Å². The predicted octanol–water partition coefficient (Wildman–Crippen LogP) is 3.34. The molecule has 0 aliphatic heterocycles. The number of benzene rings is 2. The molecule has 5 nitrogen and oxygen atoms in total. The lowest BCUT2D eigenvalue weighted by Gasteiger charge is -2.01. The Bertz CT molecular complexity index is 822. The summed E-state index contributed by atoms with van der Waals surface area (Å²) >= 11 is 0. The van der Waals surface area contributed by atoms with Gasteiger partial charge < -0.3 is 14.5 Å². The molecule has 0 spiro atoms. The van der Waals surface area contributed by atoms with Gasteiger partial charge in [-0.2, -0.15) is 0 Å². The van der Waals surface area contributed by atoms with E-state index in [0.29, 0.717) is 18.6 Å². The van der Waals surface area contributed by atoms with Crippen LogP contribution >= 0.6 is 0 Å². The molecule has 0 bridgehead atoms. The number of ether oxygens (including phenoxy) is 2. The number of hydrogen-bond donors (Lipinski definition) is 1. The van der Waals surface area contributed by atoms with Crippen LogP contribution in [0, 0.1) is 0 Å². The van der Waals surface area contributed by atoms with Crippen molar-refractivity contribution in [2.45, 2.75) is 13.3 Å². The normalized spacial score (nSPS) is 10.7. The fourth-order valence-electron chi connectivity index (χ4n) is 2.42. The van der Waals surface area contributed by atoms with Crippen LogP contribution in [0.1, 0.15) is 28.7 Å². The topological polar surface area (TPSA) is 64.2 Å². The lowest BCUT2D eigenvalue weighted by Crippen LogP contribution is -2.04. The number of imidazole rings is 1. The van der Waals surface area contributed by atoms with Crippen LogP contribution < -0.4 is 4.74 Å². The van der Waals surface area contributed by atoms with Gasteiger partial charge in [0, 0.05) is 6.42 Å². The lowest BCUT2D eigenvalue weighted by molar-refractivity contribution is 0.0526. The number of esters is 1. The summed E-state index contributed by atoms with van der Waals surface area (Å²) in [5.41, 5.74) is 3.33. The van der Waals surface area contributed by atoms with E-state index in [0.717, 1.165) is 28.2 Å². The van der Waals surface area contributed by atoms with E-state index in [2.05, 4.69) is 9.97 Å². The second-order valence-electron chi connectivity index (χ2n) is 5.16. The molecular formula is C18H18N2O3. The highest BCUT2D eigenvalue weighted by molar-refractivity contribution is 5.93. The first-order chi connectivity index (χ1) is 11.2. The van der Waals surface area contributed by atoms with E-state index in [1.807, 2.05) is 30.3 Å². The van der Waals surface area contributed by atoms with E-state index in [4.69, 9.17) is 9.47 Å². The van der Waals surface area contributed by atoms with Crippen molar-refractivity contribution in [2.75, 3.05) is 13.7 Å². The highest BCUT2D eigenvalue weighted by Gasteiger charge is 2.10. The fraction of sp³-hybridized carbons (Fsp3) is 0.222. The average molecular weight is 310 g/mol. The van der Waals surface area contributed by atoms with E-state index in [9.17, 15) is 4.79 Å². The molecule has 0 aliphatic carbocycles. The summed E-state index contributed by atoms with van der Waals surface area (Å²) in [5, 5.41) is 0. The van der Waals surface area contributed by atoms with Crippen LogP contribution in [0.2, 0.25) is 0 Å². The third-order valence-corrected chi connectivity index (χ3v) is 3.57. The molecule has 0 unspecified atom stereocenters. The number of carbonyl (C=O) groups is 1. The first-order valence-corrected chi connectivity index (χ1v) is 7.48. The average Bonchev–Trinajstić information content (AvgIpc) is 2.97. The number of carbonyl (C=O) groups excluding carboxylic acids is 1. The van der Waals surface area contributed by atoms with E-state index in [1.54, 1.807) is 26.2 Å². The zero-order valence-electron chi connectivity index (χ0n) is 13.1. The van der Waals surface area contributed by atoms with Gasteiger partial charge >= 0.3 is 5.97 Å². The molecular weight excluding hydrogens is 292 g/mol. The number of rotatable bonds is 5. The van der Waals surface area contributed by atoms with Crippen LogP contribution in [-0.2, 0) is 11.2 Å². The van der Waals surface area contributed by atoms with Crippen molar-refractivity contribution in [1.82, 2.24) is 9.97 Å². The number of methoxy groups -OCH3 is 1. The smallest absolute Gasteiger partial charge is 0.338 e. The van der Waals surface area contributed by atoms with Gasteiger partial charge in [-0.15, -0.1) is 0 Å². The van der Waals surface area contributed by atoms with Crippen molar-refractivity contribution in [2.24, 2.45) is 0 Å². The van der Waals surface area contributed by atoms with Crippen molar-refractivity contribution in [3.8, 4) is 5.75 Å². The molecule has 2 aromatic carbocycles. The Morgan fingerprint density at radius 2 is 1.96 bits per heavy atom. The second kappa shape index (κ2) is 6.52. The van der Waals surface area contributed by atoms with Crippen LogP contribution in [0.25, 0.3) is 11.0 Å². The minimum Gasteiger partial charge on any atom is -0.497 e. The predicted molar refractivity (Wildman–Crippen MR) is 87.9 cm³/mol. The van der Waals surface area contributed by atoms with Crippen LogP contribution in [0.15, 0.2) is 42.5 Å². The Labute approximate surface area is 134 Å². The number of aromatic nitrogens is 2. The number of fused-ring (bicyclic) bond motifs is 1. The maximum Gasteiger partial charge on any atom is 0.338 e. The van der Waals surface area contributed by atoms with Gasteiger partial charge in [-0.25, -0.2) is 9.78 Å². The molecule has 118 valence electrons. The van der Waals surface area contributed by atoms with Crippen LogP contribution in [0.3, 0.4) is 0 Å². The van der Waals surface area contributed by atoms with Crippen LogP contribution in [0.4, 0.5) is 0 Å². The summed E-state index contributed by atoms with van der Waals surface area (Å²) < 4.78 is 10.2. The standard InChI is InChI=1S/C18H18N2O3/c1-3-23-18(21)13-6-9-15-16(11-13)20-17(19-15)10-12-4-7-14(22-2)8-5-12/h4-9,11H,3,10H2,1-2H3,(H,19,20). The quantitative estimate of drug-likeness (QED) is 0.734. The summed E-state index contributed by atoms with van der Waals surface area (Å²) in [4.78, 5) is 19.6. The molecule has 0 fully saturated rings. The SMILES string of the molecule is CCOC(=O)c1ccc2nc(Cc3ccc(OC)cc3)[nH]c2c1. The molecule has 0 radical (unpaired) electrons. The fourth-order valence-corrected chi connectivity index (χ4v) is 2.42. The minimum absolute atomic E-state index is 0.319. The molecule has 0 saturated heterocycles. The summed E-state index contributed by atoms with van der Waals surface area (Å²) in [6.07, 6.45) is 0.688. The summed E-state index contributed by atoms with van der Waals surface area (Å²) in [6, 6.07) is 13.2. The van der Waals surface area contributed by atoms with Crippen molar-refractivity contribution < 1.29 is 14.3 Å². The highest BCUT2D eigenvalue weighted by Crippen LogP contribution is 2.18. The summed E-state index contributed by atoms with van der Waals surface area (Å²) in [7, 11) is 1.65. The molecule has 5 heteroatoms. The number of aromatic amines is 1. The molecule has 23 heavy (non-hydrogen) atoms. The Kier molecular flexibility index (Phi) is 4.28. The molecule has 3 aromatic rings. The molecule has 0 amide bonds. The van der Waals surface area contributed by atoms with E-state index < -0.39 is 0 Å². The number of nitrogens with zero attached hydrogens (tertiary/aromatic N) is 1. The Hall–Kier alpha value is -2.82.